The van der Waals surface area contributed by atoms with E-state index in [-0.39, 0.29) is 5.54 Å². The Bertz CT molecular complexity index is 402. The zero-order chi connectivity index (χ0) is 13.4. The molecule has 0 saturated heterocycles. The average molecular weight is 257 g/mol. The van der Waals surface area contributed by atoms with Gasteiger partial charge in [-0.25, -0.2) is 0 Å². The maximum absolute atomic E-state index is 12.4. The Balaban J connectivity index is 1.94. The van der Waals surface area contributed by atoms with Crippen LogP contribution in [0.1, 0.15) is 37.8 Å². The highest BCUT2D eigenvalue weighted by atomic mass is 19.4. The van der Waals surface area contributed by atoms with Crippen LogP contribution in [-0.2, 0) is 12.7 Å². The first-order valence-corrected chi connectivity index (χ1v) is 6.20. The summed E-state index contributed by atoms with van der Waals surface area (Å²) < 4.78 is 37.2. The SMILES string of the molecule is CC(C)(NCc1ccc(C(F)(F)F)cc1)C1CC1. The van der Waals surface area contributed by atoms with Crippen molar-refractivity contribution >= 4 is 0 Å². The normalized spacial score (nSPS) is 16.9. The van der Waals surface area contributed by atoms with Gasteiger partial charge in [0, 0.05) is 12.1 Å². The summed E-state index contributed by atoms with van der Waals surface area (Å²) in [4.78, 5) is 0. The van der Waals surface area contributed by atoms with Crippen molar-refractivity contribution in [3.05, 3.63) is 35.4 Å². The summed E-state index contributed by atoms with van der Waals surface area (Å²) in [5, 5.41) is 3.41. The zero-order valence-electron chi connectivity index (χ0n) is 10.6. The predicted octanol–water partition coefficient (Wildman–Crippen LogP) is 3.98. The number of benzene rings is 1. The van der Waals surface area contributed by atoms with E-state index in [1.165, 1.54) is 12.8 Å². The minimum absolute atomic E-state index is 0.0721. The van der Waals surface area contributed by atoms with Crippen molar-refractivity contribution in [1.29, 1.82) is 0 Å². The van der Waals surface area contributed by atoms with Crippen LogP contribution in [0.2, 0.25) is 0 Å². The van der Waals surface area contributed by atoms with Crippen molar-refractivity contribution in [2.45, 2.75) is 44.9 Å². The quantitative estimate of drug-likeness (QED) is 0.860. The highest BCUT2D eigenvalue weighted by Crippen LogP contribution is 2.39. The number of hydrogen-bond acceptors (Lipinski definition) is 1. The second-order valence-corrected chi connectivity index (χ2v) is 5.54. The van der Waals surface area contributed by atoms with Crippen LogP contribution >= 0.6 is 0 Å². The van der Waals surface area contributed by atoms with Crippen molar-refractivity contribution in [2.24, 2.45) is 5.92 Å². The molecule has 0 heterocycles. The minimum atomic E-state index is -4.25. The molecule has 1 fully saturated rings. The van der Waals surface area contributed by atoms with Gasteiger partial charge >= 0.3 is 6.18 Å². The molecule has 1 nitrogen and oxygen atoms in total. The fourth-order valence-corrected chi connectivity index (χ4v) is 2.09. The van der Waals surface area contributed by atoms with Crippen molar-refractivity contribution in [1.82, 2.24) is 5.32 Å². The summed E-state index contributed by atoms with van der Waals surface area (Å²) in [6.45, 7) is 4.91. The smallest absolute Gasteiger partial charge is 0.307 e. The molecule has 100 valence electrons. The Hall–Kier alpha value is -1.03. The molecular weight excluding hydrogens is 239 g/mol. The van der Waals surface area contributed by atoms with E-state index in [1.807, 2.05) is 0 Å². The molecule has 1 saturated carbocycles. The van der Waals surface area contributed by atoms with E-state index in [2.05, 4.69) is 19.2 Å². The molecule has 0 spiro atoms. The van der Waals surface area contributed by atoms with Crippen molar-refractivity contribution in [3.63, 3.8) is 0 Å². The molecule has 0 unspecified atom stereocenters. The molecule has 0 aliphatic heterocycles. The van der Waals surface area contributed by atoms with Gasteiger partial charge in [0.2, 0.25) is 0 Å². The number of nitrogens with one attached hydrogen (secondary N) is 1. The van der Waals surface area contributed by atoms with E-state index in [0.29, 0.717) is 12.5 Å². The van der Waals surface area contributed by atoms with E-state index in [0.717, 1.165) is 17.7 Å². The third-order valence-electron chi connectivity index (χ3n) is 3.63. The van der Waals surface area contributed by atoms with Crippen molar-refractivity contribution in [2.75, 3.05) is 0 Å². The van der Waals surface area contributed by atoms with Gasteiger partial charge in [-0.2, -0.15) is 13.2 Å². The molecule has 0 atom stereocenters. The van der Waals surface area contributed by atoms with Crippen LogP contribution in [0.3, 0.4) is 0 Å². The lowest BCUT2D eigenvalue weighted by molar-refractivity contribution is -0.137. The van der Waals surface area contributed by atoms with E-state index in [4.69, 9.17) is 0 Å². The van der Waals surface area contributed by atoms with Gasteiger partial charge in [-0.15, -0.1) is 0 Å². The monoisotopic (exact) mass is 257 g/mol. The Kier molecular flexibility index (Phi) is 3.41. The number of halogens is 3. The first kappa shape index (κ1) is 13.4. The largest absolute Gasteiger partial charge is 0.416 e. The fourth-order valence-electron chi connectivity index (χ4n) is 2.09. The summed E-state index contributed by atoms with van der Waals surface area (Å²) in [5.41, 5.74) is 0.368. The van der Waals surface area contributed by atoms with Crippen LogP contribution in [0.25, 0.3) is 0 Å². The summed E-state index contributed by atoms with van der Waals surface area (Å²) in [5.74, 6) is 0.701. The Labute approximate surface area is 105 Å². The molecular formula is C14H18F3N. The molecule has 1 aliphatic rings. The molecule has 0 aromatic heterocycles. The topological polar surface area (TPSA) is 12.0 Å². The summed E-state index contributed by atoms with van der Waals surface area (Å²) in [6.07, 6.45) is -1.76. The predicted molar refractivity (Wildman–Crippen MR) is 65.1 cm³/mol. The first-order valence-electron chi connectivity index (χ1n) is 6.20. The lowest BCUT2D eigenvalue weighted by atomic mass is 9.98. The molecule has 4 heteroatoms. The first-order chi connectivity index (χ1) is 8.29. The van der Waals surface area contributed by atoms with Crippen LogP contribution in [-0.4, -0.2) is 5.54 Å². The Morgan fingerprint density at radius 3 is 2.11 bits per heavy atom. The second-order valence-electron chi connectivity index (χ2n) is 5.54. The molecule has 0 amide bonds. The van der Waals surface area contributed by atoms with Gasteiger partial charge in [0.1, 0.15) is 0 Å². The highest BCUT2D eigenvalue weighted by Gasteiger charge is 2.37. The van der Waals surface area contributed by atoms with Gasteiger partial charge in [-0.1, -0.05) is 12.1 Å². The zero-order valence-corrected chi connectivity index (χ0v) is 10.6. The molecule has 0 radical (unpaired) electrons. The van der Waals surface area contributed by atoms with Crippen LogP contribution in [0.15, 0.2) is 24.3 Å². The Morgan fingerprint density at radius 1 is 1.11 bits per heavy atom. The van der Waals surface area contributed by atoms with Gasteiger partial charge in [0.25, 0.3) is 0 Å². The summed E-state index contributed by atoms with van der Waals surface area (Å²) >= 11 is 0. The van der Waals surface area contributed by atoms with E-state index in [9.17, 15) is 13.2 Å². The van der Waals surface area contributed by atoms with Gasteiger partial charge in [-0.3, -0.25) is 0 Å². The Morgan fingerprint density at radius 2 is 1.67 bits per heavy atom. The van der Waals surface area contributed by atoms with Crippen LogP contribution in [0.5, 0.6) is 0 Å². The molecule has 18 heavy (non-hydrogen) atoms. The molecule has 1 aromatic rings. The second kappa shape index (κ2) is 4.57. The number of alkyl halides is 3. The van der Waals surface area contributed by atoms with Crippen molar-refractivity contribution < 1.29 is 13.2 Å². The fraction of sp³-hybridized carbons (Fsp3) is 0.571. The van der Waals surface area contributed by atoms with Crippen LogP contribution in [0, 0.1) is 5.92 Å². The highest BCUT2D eigenvalue weighted by molar-refractivity contribution is 5.24. The van der Waals surface area contributed by atoms with Crippen LogP contribution in [0.4, 0.5) is 13.2 Å². The summed E-state index contributed by atoms with van der Waals surface area (Å²) in [7, 11) is 0. The van der Waals surface area contributed by atoms with Gasteiger partial charge in [0.15, 0.2) is 0 Å². The number of rotatable bonds is 4. The minimum Gasteiger partial charge on any atom is -0.307 e. The lowest BCUT2D eigenvalue weighted by Gasteiger charge is -2.26. The lowest BCUT2D eigenvalue weighted by Crippen LogP contribution is -2.40. The van der Waals surface area contributed by atoms with Crippen molar-refractivity contribution in [3.8, 4) is 0 Å². The maximum atomic E-state index is 12.4. The van der Waals surface area contributed by atoms with E-state index < -0.39 is 11.7 Å². The average Bonchev–Trinajstić information content (AvgIpc) is 3.10. The van der Waals surface area contributed by atoms with Crippen LogP contribution < -0.4 is 5.32 Å². The molecule has 1 aromatic carbocycles. The number of hydrogen-bond donors (Lipinski definition) is 1. The summed E-state index contributed by atoms with van der Waals surface area (Å²) in [6, 6.07) is 5.36. The third-order valence-corrected chi connectivity index (χ3v) is 3.63. The van der Waals surface area contributed by atoms with E-state index in [1.54, 1.807) is 12.1 Å². The van der Waals surface area contributed by atoms with Gasteiger partial charge < -0.3 is 5.32 Å². The molecule has 1 aliphatic carbocycles. The van der Waals surface area contributed by atoms with Gasteiger partial charge in [0.05, 0.1) is 5.56 Å². The molecule has 1 N–H and O–H groups in total. The van der Waals surface area contributed by atoms with E-state index >= 15 is 0 Å². The standard InChI is InChI=1S/C14H18F3N/c1-13(2,11-7-8-11)18-9-10-3-5-12(6-4-10)14(15,16)17/h3-6,11,18H,7-9H2,1-2H3. The third kappa shape index (κ3) is 3.25. The molecule has 2 rings (SSSR count). The van der Waals surface area contributed by atoms with Gasteiger partial charge in [-0.05, 0) is 50.3 Å². The molecule has 0 bridgehead atoms. The maximum Gasteiger partial charge on any atom is 0.416 e.